The SMILES string of the molecule is Cc1ccc2nc(C(C#N)=Cc3ccc(OCC(=O)Nc4ccccc4)cc3)[nH]c2c1. The molecule has 6 heteroatoms. The summed E-state index contributed by atoms with van der Waals surface area (Å²) in [6, 6.07) is 24.5. The molecule has 0 radical (unpaired) electrons. The molecule has 31 heavy (non-hydrogen) atoms. The molecule has 0 fully saturated rings. The van der Waals surface area contributed by atoms with Crippen molar-refractivity contribution < 1.29 is 9.53 Å². The van der Waals surface area contributed by atoms with Crippen LogP contribution in [0.5, 0.6) is 5.75 Å². The Kier molecular flexibility index (Phi) is 5.77. The number of rotatable bonds is 6. The predicted molar refractivity (Wildman–Crippen MR) is 121 cm³/mol. The van der Waals surface area contributed by atoms with Crippen molar-refractivity contribution in [3.63, 3.8) is 0 Å². The average molecular weight is 408 g/mol. The lowest BCUT2D eigenvalue weighted by Gasteiger charge is -2.07. The largest absolute Gasteiger partial charge is 0.484 e. The van der Waals surface area contributed by atoms with Gasteiger partial charge in [0.15, 0.2) is 6.61 Å². The van der Waals surface area contributed by atoms with E-state index in [1.165, 1.54) is 0 Å². The van der Waals surface area contributed by atoms with Crippen molar-refractivity contribution in [2.45, 2.75) is 6.92 Å². The molecule has 1 aromatic heterocycles. The van der Waals surface area contributed by atoms with Crippen LogP contribution in [0, 0.1) is 18.3 Å². The number of carbonyl (C=O) groups excluding carboxylic acids is 1. The first-order chi connectivity index (χ1) is 15.1. The Balaban J connectivity index is 1.42. The smallest absolute Gasteiger partial charge is 0.262 e. The number of hydrogen-bond donors (Lipinski definition) is 2. The topological polar surface area (TPSA) is 90.8 Å². The average Bonchev–Trinajstić information content (AvgIpc) is 3.20. The number of nitrogens with one attached hydrogen (secondary N) is 2. The van der Waals surface area contributed by atoms with Crippen molar-refractivity contribution in [3.05, 3.63) is 89.7 Å². The van der Waals surface area contributed by atoms with Crippen LogP contribution in [0.15, 0.2) is 72.8 Å². The summed E-state index contributed by atoms with van der Waals surface area (Å²) in [5.41, 5.74) is 4.83. The number of imidazole rings is 1. The molecule has 0 aliphatic carbocycles. The number of ether oxygens (including phenoxy) is 1. The van der Waals surface area contributed by atoms with E-state index in [1.54, 1.807) is 18.2 Å². The molecule has 0 aliphatic heterocycles. The van der Waals surface area contributed by atoms with Crippen molar-refractivity contribution >= 4 is 34.3 Å². The van der Waals surface area contributed by atoms with Crippen LogP contribution in [-0.4, -0.2) is 22.5 Å². The second-order valence-corrected chi connectivity index (χ2v) is 7.05. The molecule has 0 atom stereocenters. The van der Waals surface area contributed by atoms with Gasteiger partial charge < -0.3 is 15.0 Å². The van der Waals surface area contributed by atoms with Gasteiger partial charge >= 0.3 is 0 Å². The van der Waals surface area contributed by atoms with E-state index in [2.05, 4.69) is 21.4 Å². The van der Waals surface area contributed by atoms with Crippen LogP contribution in [0.2, 0.25) is 0 Å². The van der Waals surface area contributed by atoms with E-state index in [1.807, 2.05) is 67.6 Å². The molecule has 0 unspecified atom stereocenters. The summed E-state index contributed by atoms with van der Waals surface area (Å²) in [7, 11) is 0. The van der Waals surface area contributed by atoms with Gasteiger partial charge in [-0.05, 0) is 60.5 Å². The Labute approximate surface area is 179 Å². The van der Waals surface area contributed by atoms with Crippen LogP contribution >= 0.6 is 0 Å². The minimum absolute atomic E-state index is 0.0913. The number of para-hydroxylation sites is 1. The lowest BCUT2D eigenvalue weighted by atomic mass is 10.1. The standard InChI is InChI=1S/C25H20N4O2/c1-17-7-12-22-23(13-17)29-25(28-22)19(15-26)14-18-8-10-21(11-9-18)31-16-24(30)27-20-5-3-2-4-6-20/h2-14H,16H2,1H3,(H,27,30)(H,28,29). The second-order valence-electron chi connectivity index (χ2n) is 7.05. The van der Waals surface area contributed by atoms with Crippen LogP contribution in [0.3, 0.4) is 0 Å². The van der Waals surface area contributed by atoms with Gasteiger partial charge in [0.25, 0.3) is 5.91 Å². The Morgan fingerprint density at radius 3 is 2.65 bits per heavy atom. The van der Waals surface area contributed by atoms with Gasteiger partial charge in [-0.2, -0.15) is 5.26 Å². The normalized spacial score (nSPS) is 11.2. The zero-order valence-electron chi connectivity index (χ0n) is 16.9. The summed E-state index contributed by atoms with van der Waals surface area (Å²) >= 11 is 0. The lowest BCUT2D eigenvalue weighted by molar-refractivity contribution is -0.118. The van der Waals surface area contributed by atoms with Crippen LogP contribution < -0.4 is 10.1 Å². The molecule has 1 heterocycles. The molecular formula is C25H20N4O2. The monoisotopic (exact) mass is 408 g/mol. The van der Waals surface area contributed by atoms with Crippen molar-refractivity contribution in [1.29, 1.82) is 5.26 Å². The molecule has 0 spiro atoms. The molecule has 0 saturated heterocycles. The van der Waals surface area contributed by atoms with Gasteiger partial charge in [0.1, 0.15) is 17.6 Å². The third-order valence-corrected chi connectivity index (χ3v) is 4.63. The number of nitriles is 1. The molecule has 0 saturated carbocycles. The molecule has 2 N–H and O–H groups in total. The third kappa shape index (κ3) is 4.98. The summed E-state index contributed by atoms with van der Waals surface area (Å²) in [4.78, 5) is 19.7. The maximum Gasteiger partial charge on any atom is 0.262 e. The minimum atomic E-state index is -0.234. The molecule has 0 bridgehead atoms. The quantitative estimate of drug-likeness (QED) is 0.442. The zero-order valence-corrected chi connectivity index (χ0v) is 16.9. The Hall–Kier alpha value is -4.37. The van der Waals surface area contributed by atoms with Gasteiger partial charge in [-0.1, -0.05) is 36.4 Å². The first-order valence-corrected chi connectivity index (χ1v) is 9.77. The van der Waals surface area contributed by atoms with Crippen LogP contribution in [0.4, 0.5) is 5.69 Å². The van der Waals surface area contributed by atoms with E-state index in [0.717, 1.165) is 27.8 Å². The van der Waals surface area contributed by atoms with Gasteiger partial charge in [-0.25, -0.2) is 4.98 Å². The van der Waals surface area contributed by atoms with E-state index in [4.69, 9.17) is 4.74 Å². The summed E-state index contributed by atoms with van der Waals surface area (Å²) < 4.78 is 5.55. The number of benzene rings is 3. The molecular weight excluding hydrogens is 388 g/mol. The Bertz CT molecular complexity index is 1280. The number of aryl methyl sites for hydroxylation is 1. The van der Waals surface area contributed by atoms with Crippen molar-refractivity contribution in [2.75, 3.05) is 11.9 Å². The highest BCUT2D eigenvalue weighted by Crippen LogP contribution is 2.21. The van der Waals surface area contributed by atoms with Gasteiger partial charge in [0.05, 0.1) is 16.6 Å². The van der Waals surface area contributed by atoms with E-state index in [-0.39, 0.29) is 12.5 Å². The number of aromatic nitrogens is 2. The molecule has 4 rings (SSSR count). The summed E-state index contributed by atoms with van der Waals surface area (Å²) in [6.07, 6.45) is 1.76. The highest BCUT2D eigenvalue weighted by molar-refractivity contribution is 5.92. The third-order valence-electron chi connectivity index (χ3n) is 4.63. The number of aromatic amines is 1. The summed E-state index contributed by atoms with van der Waals surface area (Å²) in [5, 5.41) is 12.4. The van der Waals surface area contributed by atoms with E-state index < -0.39 is 0 Å². The van der Waals surface area contributed by atoms with Gasteiger partial charge in [-0.3, -0.25) is 4.79 Å². The van der Waals surface area contributed by atoms with Crippen molar-refractivity contribution in [1.82, 2.24) is 9.97 Å². The number of fused-ring (bicyclic) bond motifs is 1. The van der Waals surface area contributed by atoms with Crippen LogP contribution in [-0.2, 0) is 4.79 Å². The maximum absolute atomic E-state index is 12.0. The van der Waals surface area contributed by atoms with Crippen LogP contribution in [0.25, 0.3) is 22.7 Å². The fourth-order valence-corrected chi connectivity index (χ4v) is 3.10. The fourth-order valence-electron chi connectivity index (χ4n) is 3.10. The Morgan fingerprint density at radius 2 is 1.90 bits per heavy atom. The maximum atomic E-state index is 12.0. The molecule has 1 amide bonds. The molecule has 6 nitrogen and oxygen atoms in total. The first-order valence-electron chi connectivity index (χ1n) is 9.77. The first kappa shape index (κ1) is 19.9. The van der Waals surface area contributed by atoms with Gasteiger partial charge in [-0.15, -0.1) is 0 Å². The number of carbonyl (C=O) groups is 1. The molecule has 0 aliphatic rings. The molecule has 3 aromatic carbocycles. The zero-order chi connectivity index (χ0) is 21.6. The number of anilines is 1. The minimum Gasteiger partial charge on any atom is -0.484 e. The molecule has 152 valence electrons. The summed E-state index contributed by atoms with van der Waals surface area (Å²) in [6.45, 7) is 1.92. The highest BCUT2D eigenvalue weighted by atomic mass is 16.5. The number of H-pyrrole nitrogens is 1. The number of hydrogen-bond acceptors (Lipinski definition) is 4. The number of nitrogens with zero attached hydrogens (tertiary/aromatic N) is 2. The van der Waals surface area contributed by atoms with E-state index in [0.29, 0.717) is 17.1 Å². The lowest BCUT2D eigenvalue weighted by Crippen LogP contribution is -2.20. The van der Waals surface area contributed by atoms with Crippen LogP contribution in [0.1, 0.15) is 17.0 Å². The molecule has 4 aromatic rings. The van der Waals surface area contributed by atoms with Gasteiger partial charge in [0, 0.05) is 5.69 Å². The second kappa shape index (κ2) is 8.97. The predicted octanol–water partition coefficient (Wildman–Crippen LogP) is 4.95. The summed E-state index contributed by atoms with van der Waals surface area (Å²) in [5.74, 6) is 0.862. The Morgan fingerprint density at radius 1 is 1.13 bits per heavy atom. The van der Waals surface area contributed by atoms with E-state index >= 15 is 0 Å². The number of amides is 1. The van der Waals surface area contributed by atoms with E-state index in [9.17, 15) is 10.1 Å². The number of allylic oxidation sites excluding steroid dienone is 1. The van der Waals surface area contributed by atoms with Gasteiger partial charge in [0.2, 0.25) is 0 Å². The highest BCUT2D eigenvalue weighted by Gasteiger charge is 2.09. The van der Waals surface area contributed by atoms with Crippen molar-refractivity contribution in [3.8, 4) is 11.8 Å². The fraction of sp³-hybridized carbons (Fsp3) is 0.0800. The van der Waals surface area contributed by atoms with Crippen molar-refractivity contribution in [2.24, 2.45) is 0 Å².